The lowest BCUT2D eigenvalue weighted by Gasteiger charge is -2.14. The monoisotopic (exact) mass is 390 g/mol. The van der Waals surface area contributed by atoms with Crippen LogP contribution in [-0.4, -0.2) is 33.1 Å². The number of carbonyl (C=O) groups excluding carboxylic acids is 1. The fourth-order valence-electron chi connectivity index (χ4n) is 3.25. The van der Waals surface area contributed by atoms with Crippen LogP contribution in [0.5, 0.6) is 0 Å². The highest BCUT2D eigenvalue weighted by molar-refractivity contribution is 5.98. The Morgan fingerprint density at radius 3 is 2.48 bits per heavy atom. The van der Waals surface area contributed by atoms with Gasteiger partial charge in [0.05, 0.1) is 28.8 Å². The lowest BCUT2D eigenvalue weighted by atomic mass is 10.0. The standard InChI is InChI=1S/C21H18N4O4/c1-13-14-7-3-5-9-16(14)22-18(11-28-2)19(13)21(27)29-12-25-20(26)15-8-4-6-10-17(15)23-24-25/h3-10H,11-12H2,1-2H3. The van der Waals surface area contributed by atoms with E-state index in [1.54, 1.807) is 24.3 Å². The highest BCUT2D eigenvalue weighted by atomic mass is 16.5. The molecule has 2 aromatic carbocycles. The molecule has 0 unspecified atom stereocenters. The molecule has 0 aliphatic carbocycles. The van der Waals surface area contributed by atoms with Gasteiger partial charge in [-0.2, -0.15) is 4.68 Å². The molecule has 8 nitrogen and oxygen atoms in total. The third-order valence-electron chi connectivity index (χ3n) is 4.66. The molecule has 0 saturated heterocycles. The Kier molecular flexibility index (Phi) is 5.01. The Bertz CT molecular complexity index is 1280. The maximum absolute atomic E-state index is 12.9. The van der Waals surface area contributed by atoms with Crippen molar-refractivity contribution in [1.29, 1.82) is 0 Å². The normalized spacial score (nSPS) is 11.1. The largest absolute Gasteiger partial charge is 0.438 e. The van der Waals surface area contributed by atoms with E-state index < -0.39 is 5.97 Å². The molecular formula is C21H18N4O4. The summed E-state index contributed by atoms with van der Waals surface area (Å²) in [4.78, 5) is 29.9. The summed E-state index contributed by atoms with van der Waals surface area (Å²) in [5, 5.41) is 9.08. The number of esters is 1. The molecule has 2 aromatic heterocycles. The number of pyridine rings is 1. The smallest absolute Gasteiger partial charge is 0.342 e. The number of fused-ring (bicyclic) bond motifs is 2. The van der Waals surface area contributed by atoms with Crippen molar-refractivity contribution in [3.63, 3.8) is 0 Å². The van der Waals surface area contributed by atoms with Crippen molar-refractivity contribution in [3.05, 3.63) is 75.7 Å². The summed E-state index contributed by atoms with van der Waals surface area (Å²) < 4.78 is 11.6. The number of rotatable bonds is 5. The first kappa shape index (κ1) is 18.7. The third-order valence-corrected chi connectivity index (χ3v) is 4.66. The number of aromatic nitrogens is 4. The summed E-state index contributed by atoms with van der Waals surface area (Å²) >= 11 is 0. The Labute approximate surface area is 165 Å². The average Bonchev–Trinajstić information content (AvgIpc) is 2.74. The first-order valence-electron chi connectivity index (χ1n) is 8.97. The van der Waals surface area contributed by atoms with Gasteiger partial charge < -0.3 is 9.47 Å². The number of hydrogen-bond acceptors (Lipinski definition) is 7. The highest BCUT2D eigenvalue weighted by Gasteiger charge is 2.20. The molecule has 0 saturated carbocycles. The van der Waals surface area contributed by atoms with Gasteiger partial charge in [-0.3, -0.25) is 4.79 Å². The SMILES string of the molecule is COCc1nc2ccccc2c(C)c1C(=O)OCn1nnc2ccccc2c1=O. The molecule has 0 aliphatic heterocycles. The van der Waals surface area contributed by atoms with E-state index in [1.807, 2.05) is 31.2 Å². The van der Waals surface area contributed by atoms with Gasteiger partial charge in [0.25, 0.3) is 5.56 Å². The maximum atomic E-state index is 12.9. The predicted molar refractivity (Wildman–Crippen MR) is 106 cm³/mol. The van der Waals surface area contributed by atoms with Crippen LogP contribution in [0, 0.1) is 6.92 Å². The summed E-state index contributed by atoms with van der Waals surface area (Å²) in [7, 11) is 1.53. The summed E-state index contributed by atoms with van der Waals surface area (Å²) in [6.07, 6.45) is 0. The summed E-state index contributed by atoms with van der Waals surface area (Å²) in [5.74, 6) is -0.602. The molecule has 146 valence electrons. The summed E-state index contributed by atoms with van der Waals surface area (Å²) in [6, 6.07) is 14.4. The van der Waals surface area contributed by atoms with Gasteiger partial charge in [0.15, 0.2) is 6.73 Å². The van der Waals surface area contributed by atoms with Crippen molar-refractivity contribution in [2.24, 2.45) is 0 Å². The van der Waals surface area contributed by atoms with Crippen LogP contribution in [0.4, 0.5) is 0 Å². The molecule has 4 rings (SSSR count). The van der Waals surface area contributed by atoms with Gasteiger partial charge in [0.2, 0.25) is 0 Å². The molecule has 2 heterocycles. The minimum Gasteiger partial charge on any atom is -0.438 e. The molecule has 0 atom stereocenters. The number of benzene rings is 2. The first-order valence-corrected chi connectivity index (χ1v) is 8.97. The van der Waals surface area contributed by atoms with E-state index in [0.717, 1.165) is 21.1 Å². The van der Waals surface area contributed by atoms with E-state index >= 15 is 0 Å². The van der Waals surface area contributed by atoms with Crippen LogP contribution in [0.1, 0.15) is 21.6 Å². The topological polar surface area (TPSA) is 96.2 Å². The van der Waals surface area contributed by atoms with Crippen LogP contribution in [0.15, 0.2) is 53.3 Å². The molecule has 0 N–H and O–H groups in total. The molecular weight excluding hydrogens is 372 g/mol. The minimum absolute atomic E-state index is 0.159. The third kappa shape index (κ3) is 3.45. The van der Waals surface area contributed by atoms with Gasteiger partial charge in [-0.25, -0.2) is 9.78 Å². The minimum atomic E-state index is -0.602. The second-order valence-electron chi connectivity index (χ2n) is 6.48. The molecule has 0 amide bonds. The second kappa shape index (κ2) is 7.76. The number of carbonyl (C=O) groups is 1. The van der Waals surface area contributed by atoms with Crippen LogP contribution in [-0.2, 0) is 22.8 Å². The van der Waals surface area contributed by atoms with Gasteiger partial charge in [0.1, 0.15) is 5.52 Å². The van der Waals surface area contributed by atoms with Crippen LogP contribution in [0.25, 0.3) is 21.8 Å². The van der Waals surface area contributed by atoms with E-state index in [9.17, 15) is 9.59 Å². The molecule has 8 heteroatoms. The van der Waals surface area contributed by atoms with Crippen molar-refractivity contribution in [3.8, 4) is 0 Å². The quantitative estimate of drug-likeness (QED) is 0.483. The van der Waals surface area contributed by atoms with Crippen LogP contribution in [0.2, 0.25) is 0 Å². The van der Waals surface area contributed by atoms with Gasteiger partial charge in [-0.05, 0) is 30.7 Å². The van der Waals surface area contributed by atoms with Crippen LogP contribution >= 0.6 is 0 Å². The molecule has 4 aromatic rings. The zero-order chi connectivity index (χ0) is 20.4. The second-order valence-corrected chi connectivity index (χ2v) is 6.48. The Hall–Kier alpha value is -3.65. The predicted octanol–water partition coefficient (Wildman–Crippen LogP) is 2.61. The van der Waals surface area contributed by atoms with Gasteiger partial charge in [-0.1, -0.05) is 35.5 Å². The van der Waals surface area contributed by atoms with Crippen LogP contribution in [0.3, 0.4) is 0 Å². The molecule has 0 spiro atoms. The Morgan fingerprint density at radius 1 is 1.03 bits per heavy atom. The van der Waals surface area contributed by atoms with E-state index in [2.05, 4.69) is 15.3 Å². The van der Waals surface area contributed by atoms with Crippen molar-refractivity contribution >= 4 is 27.8 Å². The van der Waals surface area contributed by atoms with E-state index in [0.29, 0.717) is 22.2 Å². The molecule has 0 aliphatic rings. The lowest BCUT2D eigenvalue weighted by Crippen LogP contribution is -2.27. The molecule has 0 bridgehead atoms. The number of para-hydroxylation sites is 1. The maximum Gasteiger partial charge on any atom is 0.342 e. The van der Waals surface area contributed by atoms with Gasteiger partial charge in [-0.15, -0.1) is 5.10 Å². The number of nitrogens with zero attached hydrogens (tertiary/aromatic N) is 4. The Morgan fingerprint density at radius 2 is 1.72 bits per heavy atom. The number of aryl methyl sites for hydroxylation is 1. The van der Waals surface area contributed by atoms with Crippen molar-refractivity contribution in [1.82, 2.24) is 20.0 Å². The summed E-state index contributed by atoms with van der Waals surface area (Å²) in [6.45, 7) is 1.64. The molecule has 29 heavy (non-hydrogen) atoms. The molecule has 0 radical (unpaired) electrons. The average molecular weight is 390 g/mol. The van der Waals surface area contributed by atoms with E-state index in [-0.39, 0.29) is 18.9 Å². The van der Waals surface area contributed by atoms with Crippen LogP contribution < -0.4 is 5.56 Å². The zero-order valence-corrected chi connectivity index (χ0v) is 16.0. The fraction of sp³-hybridized carbons (Fsp3) is 0.190. The van der Waals surface area contributed by atoms with Crippen molar-refractivity contribution in [2.75, 3.05) is 7.11 Å². The lowest BCUT2D eigenvalue weighted by molar-refractivity contribution is 0.0330. The Balaban J connectivity index is 1.67. The first-order chi connectivity index (χ1) is 14.1. The van der Waals surface area contributed by atoms with Gasteiger partial charge >= 0.3 is 5.97 Å². The van der Waals surface area contributed by atoms with E-state index in [1.165, 1.54) is 7.11 Å². The zero-order valence-electron chi connectivity index (χ0n) is 16.0. The number of methoxy groups -OCH3 is 1. The summed E-state index contributed by atoms with van der Waals surface area (Å²) in [5.41, 5.74) is 2.42. The van der Waals surface area contributed by atoms with E-state index in [4.69, 9.17) is 9.47 Å². The van der Waals surface area contributed by atoms with Crippen molar-refractivity contribution in [2.45, 2.75) is 20.3 Å². The number of ether oxygens (including phenoxy) is 2. The van der Waals surface area contributed by atoms with Crippen molar-refractivity contribution < 1.29 is 14.3 Å². The number of hydrogen-bond donors (Lipinski definition) is 0. The fourth-order valence-corrected chi connectivity index (χ4v) is 3.25. The van der Waals surface area contributed by atoms with Gasteiger partial charge in [0, 0.05) is 12.5 Å². The highest BCUT2D eigenvalue weighted by Crippen LogP contribution is 2.24. The molecule has 0 fully saturated rings.